The Bertz CT molecular complexity index is 746. The van der Waals surface area contributed by atoms with E-state index in [2.05, 4.69) is 4.72 Å². The molecule has 2 aromatic carbocycles. The van der Waals surface area contributed by atoms with Gasteiger partial charge in [-0.1, -0.05) is 11.6 Å². The summed E-state index contributed by atoms with van der Waals surface area (Å²) in [5.74, 6) is 0.677. The molecule has 3 N–H and O–H groups in total. The molecule has 118 valence electrons. The predicted octanol–water partition coefficient (Wildman–Crippen LogP) is 2.45. The molecule has 22 heavy (non-hydrogen) atoms. The van der Waals surface area contributed by atoms with Crippen molar-refractivity contribution in [3.8, 4) is 5.75 Å². The zero-order valence-electron chi connectivity index (χ0n) is 12.0. The van der Waals surface area contributed by atoms with E-state index in [1.165, 1.54) is 12.1 Å². The topological polar surface area (TPSA) is 81.4 Å². The molecule has 2 rings (SSSR count). The van der Waals surface area contributed by atoms with Crippen LogP contribution in [0.3, 0.4) is 0 Å². The van der Waals surface area contributed by atoms with Crippen molar-refractivity contribution < 1.29 is 13.2 Å². The lowest BCUT2D eigenvalue weighted by molar-refractivity contribution is 0.409. The molecule has 5 nitrogen and oxygen atoms in total. The van der Waals surface area contributed by atoms with Crippen LogP contribution in [0.4, 0.5) is 5.69 Å². The van der Waals surface area contributed by atoms with E-state index >= 15 is 0 Å². The quantitative estimate of drug-likeness (QED) is 0.791. The second-order valence-corrected chi connectivity index (χ2v) is 6.88. The highest BCUT2D eigenvalue weighted by Gasteiger charge is 2.13. The summed E-state index contributed by atoms with van der Waals surface area (Å²) in [4.78, 5) is 0.180. The summed E-state index contributed by atoms with van der Waals surface area (Å²) in [5.41, 5.74) is 6.91. The zero-order valence-corrected chi connectivity index (χ0v) is 13.6. The van der Waals surface area contributed by atoms with E-state index in [0.717, 1.165) is 5.56 Å². The van der Waals surface area contributed by atoms with E-state index in [-0.39, 0.29) is 11.4 Å². The van der Waals surface area contributed by atoms with Crippen molar-refractivity contribution in [3.05, 3.63) is 53.1 Å². The highest BCUT2D eigenvalue weighted by molar-refractivity contribution is 7.89. The van der Waals surface area contributed by atoms with Crippen LogP contribution in [0.1, 0.15) is 5.56 Å². The van der Waals surface area contributed by atoms with Crippen LogP contribution in [-0.2, 0) is 16.4 Å². The molecule has 0 unspecified atom stereocenters. The molecule has 0 heterocycles. The normalized spacial score (nSPS) is 11.4. The molecule has 0 aliphatic rings. The first-order chi connectivity index (χ1) is 10.4. The van der Waals surface area contributed by atoms with Gasteiger partial charge in [0.15, 0.2) is 0 Å². The van der Waals surface area contributed by atoms with Gasteiger partial charge >= 0.3 is 0 Å². The van der Waals surface area contributed by atoms with E-state index < -0.39 is 10.0 Å². The third kappa shape index (κ3) is 4.13. The summed E-state index contributed by atoms with van der Waals surface area (Å²) in [7, 11) is -2.00. The lowest BCUT2D eigenvalue weighted by Gasteiger charge is -2.10. The molecule has 0 bridgehead atoms. The lowest BCUT2D eigenvalue weighted by atomic mass is 10.1. The number of hydrogen-bond donors (Lipinski definition) is 2. The summed E-state index contributed by atoms with van der Waals surface area (Å²) in [5, 5.41) is 0.581. The SMILES string of the molecule is COc1ccc(Cl)cc1CCNS(=O)(=O)c1ccc(N)cc1. The van der Waals surface area contributed by atoms with Crippen molar-refractivity contribution in [3.63, 3.8) is 0 Å². The van der Waals surface area contributed by atoms with Gasteiger partial charge in [-0.3, -0.25) is 0 Å². The first-order valence-electron chi connectivity index (χ1n) is 6.60. The highest BCUT2D eigenvalue weighted by Crippen LogP contribution is 2.23. The van der Waals surface area contributed by atoms with Crippen molar-refractivity contribution in [1.82, 2.24) is 4.72 Å². The summed E-state index contributed by atoms with van der Waals surface area (Å²) in [6, 6.07) is 11.3. The molecule has 0 saturated heterocycles. The third-order valence-electron chi connectivity index (χ3n) is 3.12. The van der Waals surface area contributed by atoms with Crippen molar-refractivity contribution in [2.24, 2.45) is 0 Å². The molecule has 0 aliphatic heterocycles. The van der Waals surface area contributed by atoms with Gasteiger partial charge in [0.2, 0.25) is 10.0 Å². The zero-order chi connectivity index (χ0) is 16.2. The van der Waals surface area contributed by atoms with Gasteiger partial charge in [0.25, 0.3) is 0 Å². The highest BCUT2D eigenvalue weighted by atomic mass is 35.5. The minimum absolute atomic E-state index is 0.180. The summed E-state index contributed by atoms with van der Waals surface area (Å²) >= 11 is 5.95. The van der Waals surface area contributed by atoms with Gasteiger partial charge < -0.3 is 10.5 Å². The Labute approximate surface area is 135 Å². The number of halogens is 1. The molecule has 0 aliphatic carbocycles. The van der Waals surface area contributed by atoms with Gasteiger partial charge in [0.1, 0.15) is 5.75 Å². The van der Waals surface area contributed by atoms with Gasteiger partial charge in [-0.05, 0) is 54.4 Å². The fraction of sp³-hybridized carbons (Fsp3) is 0.200. The molecule has 0 amide bonds. The number of nitrogens with one attached hydrogen (secondary N) is 1. The molecular formula is C15H17ClN2O3S. The number of ether oxygens (including phenoxy) is 1. The molecular weight excluding hydrogens is 324 g/mol. The minimum atomic E-state index is -3.56. The lowest BCUT2D eigenvalue weighted by Crippen LogP contribution is -2.26. The first kappa shape index (κ1) is 16.6. The monoisotopic (exact) mass is 340 g/mol. The average molecular weight is 341 g/mol. The fourth-order valence-corrected chi connectivity index (χ4v) is 3.22. The predicted molar refractivity (Wildman–Crippen MR) is 87.8 cm³/mol. The standard InChI is InChI=1S/C15H17ClN2O3S/c1-21-15-7-2-12(16)10-11(15)8-9-18-22(19,20)14-5-3-13(17)4-6-14/h2-7,10,18H,8-9,17H2,1H3. The van der Waals surface area contributed by atoms with Crippen LogP contribution >= 0.6 is 11.6 Å². The molecule has 0 saturated carbocycles. The van der Waals surface area contributed by atoms with E-state index in [1.807, 2.05) is 0 Å². The molecule has 0 radical (unpaired) electrons. The second-order valence-electron chi connectivity index (χ2n) is 4.67. The van der Waals surface area contributed by atoms with E-state index in [4.69, 9.17) is 22.1 Å². The number of anilines is 1. The first-order valence-corrected chi connectivity index (χ1v) is 8.46. The van der Waals surface area contributed by atoms with Crippen molar-refractivity contribution in [1.29, 1.82) is 0 Å². The molecule has 0 atom stereocenters. The summed E-state index contributed by atoms with van der Waals surface area (Å²) in [6.45, 7) is 0.239. The molecule has 0 spiro atoms. The van der Waals surface area contributed by atoms with Crippen LogP contribution in [0.2, 0.25) is 5.02 Å². The fourth-order valence-electron chi connectivity index (χ4n) is 1.99. The Morgan fingerprint density at radius 3 is 2.50 bits per heavy atom. The summed E-state index contributed by atoms with van der Waals surface area (Å²) < 4.78 is 32.1. The van der Waals surface area contributed by atoms with Crippen LogP contribution in [0, 0.1) is 0 Å². The average Bonchev–Trinajstić information content (AvgIpc) is 2.48. The Hall–Kier alpha value is -1.76. The Morgan fingerprint density at radius 2 is 1.86 bits per heavy atom. The van der Waals surface area contributed by atoms with Crippen LogP contribution in [0.25, 0.3) is 0 Å². The van der Waals surface area contributed by atoms with Crippen molar-refractivity contribution in [2.45, 2.75) is 11.3 Å². The summed E-state index contributed by atoms with van der Waals surface area (Å²) in [6.07, 6.45) is 0.470. The molecule has 7 heteroatoms. The minimum Gasteiger partial charge on any atom is -0.496 e. The maximum atomic E-state index is 12.1. The van der Waals surface area contributed by atoms with Gasteiger partial charge in [0, 0.05) is 17.3 Å². The van der Waals surface area contributed by atoms with E-state index in [0.29, 0.717) is 22.9 Å². The Kier molecular flexibility index (Phi) is 5.28. The number of nitrogens with two attached hydrogens (primary N) is 1. The van der Waals surface area contributed by atoms with Gasteiger partial charge in [0.05, 0.1) is 12.0 Å². The van der Waals surface area contributed by atoms with Crippen molar-refractivity contribution in [2.75, 3.05) is 19.4 Å². The van der Waals surface area contributed by atoms with Gasteiger partial charge in [-0.15, -0.1) is 0 Å². The number of hydrogen-bond acceptors (Lipinski definition) is 4. The number of sulfonamides is 1. The Morgan fingerprint density at radius 1 is 1.18 bits per heavy atom. The van der Waals surface area contributed by atoms with Gasteiger partial charge in [-0.2, -0.15) is 0 Å². The van der Waals surface area contributed by atoms with E-state index in [9.17, 15) is 8.42 Å². The van der Waals surface area contributed by atoms with Crippen LogP contribution in [0.5, 0.6) is 5.75 Å². The Balaban J connectivity index is 2.04. The molecule has 0 fully saturated rings. The number of benzene rings is 2. The van der Waals surface area contributed by atoms with Crippen LogP contribution < -0.4 is 15.2 Å². The van der Waals surface area contributed by atoms with Crippen molar-refractivity contribution >= 4 is 27.3 Å². The smallest absolute Gasteiger partial charge is 0.240 e. The maximum absolute atomic E-state index is 12.1. The van der Waals surface area contributed by atoms with E-state index in [1.54, 1.807) is 37.4 Å². The van der Waals surface area contributed by atoms with Crippen LogP contribution in [-0.4, -0.2) is 22.1 Å². The number of methoxy groups -OCH3 is 1. The molecule has 0 aromatic heterocycles. The maximum Gasteiger partial charge on any atom is 0.240 e. The van der Waals surface area contributed by atoms with Gasteiger partial charge in [-0.25, -0.2) is 13.1 Å². The van der Waals surface area contributed by atoms with Crippen LogP contribution in [0.15, 0.2) is 47.4 Å². The molecule has 2 aromatic rings. The number of nitrogen functional groups attached to an aromatic ring is 1. The largest absolute Gasteiger partial charge is 0.496 e. The third-order valence-corrected chi connectivity index (χ3v) is 4.83. The second kappa shape index (κ2) is 7.00. The number of rotatable bonds is 6.